The summed E-state index contributed by atoms with van der Waals surface area (Å²) in [5, 5.41) is 3.05. The summed E-state index contributed by atoms with van der Waals surface area (Å²) in [6.07, 6.45) is 4.58. The molecule has 1 fully saturated rings. The van der Waals surface area contributed by atoms with Crippen molar-refractivity contribution in [3.8, 4) is 0 Å². The van der Waals surface area contributed by atoms with Gasteiger partial charge in [0.2, 0.25) is 5.91 Å². The molecule has 1 aromatic carbocycles. The Bertz CT molecular complexity index is 812. The molecule has 0 radical (unpaired) electrons. The fraction of sp³-hybridized carbons (Fsp3) is 0.381. The predicted molar refractivity (Wildman–Crippen MR) is 107 cm³/mol. The van der Waals surface area contributed by atoms with Crippen LogP contribution in [0.1, 0.15) is 28.8 Å². The number of hydrogen-bond donors (Lipinski definition) is 1. The molecule has 3 rings (SSSR count). The molecular formula is C21H26N4O2. The molecule has 1 N–H and O–H groups in total. The third kappa shape index (κ3) is 4.45. The second kappa shape index (κ2) is 8.20. The maximum Gasteiger partial charge on any atom is 0.255 e. The van der Waals surface area contributed by atoms with Gasteiger partial charge in [0.05, 0.1) is 5.56 Å². The number of pyridine rings is 1. The third-order valence-electron chi connectivity index (χ3n) is 5.05. The largest absolute Gasteiger partial charge is 0.378 e. The van der Waals surface area contributed by atoms with Gasteiger partial charge in [0.1, 0.15) is 0 Å². The Morgan fingerprint density at radius 1 is 1.19 bits per heavy atom. The second-order valence-electron chi connectivity index (χ2n) is 7.19. The average molecular weight is 366 g/mol. The summed E-state index contributed by atoms with van der Waals surface area (Å²) >= 11 is 0. The van der Waals surface area contributed by atoms with Gasteiger partial charge in [-0.1, -0.05) is 0 Å². The first-order chi connectivity index (χ1) is 13.0. The van der Waals surface area contributed by atoms with Gasteiger partial charge < -0.3 is 15.1 Å². The van der Waals surface area contributed by atoms with E-state index in [4.69, 9.17) is 0 Å². The number of aryl methyl sites for hydroxylation is 1. The van der Waals surface area contributed by atoms with Gasteiger partial charge >= 0.3 is 0 Å². The zero-order valence-electron chi connectivity index (χ0n) is 16.1. The Morgan fingerprint density at radius 3 is 2.52 bits per heavy atom. The molecule has 142 valence electrons. The van der Waals surface area contributed by atoms with E-state index >= 15 is 0 Å². The van der Waals surface area contributed by atoms with Crippen molar-refractivity contribution in [2.75, 3.05) is 37.4 Å². The van der Waals surface area contributed by atoms with Crippen LogP contribution >= 0.6 is 0 Å². The molecule has 2 amide bonds. The molecule has 27 heavy (non-hydrogen) atoms. The van der Waals surface area contributed by atoms with Gasteiger partial charge in [-0.2, -0.15) is 0 Å². The maximum atomic E-state index is 12.7. The Hall–Kier alpha value is -2.89. The number of benzene rings is 1. The van der Waals surface area contributed by atoms with Crippen LogP contribution in [0.25, 0.3) is 0 Å². The van der Waals surface area contributed by atoms with Crippen LogP contribution < -0.4 is 10.2 Å². The van der Waals surface area contributed by atoms with Crippen LogP contribution in [0.3, 0.4) is 0 Å². The number of anilines is 2. The Balaban J connectivity index is 1.57. The summed E-state index contributed by atoms with van der Waals surface area (Å²) < 4.78 is 0. The highest BCUT2D eigenvalue weighted by atomic mass is 16.2. The quantitative estimate of drug-likeness (QED) is 0.904. The zero-order chi connectivity index (χ0) is 19.4. The normalized spacial score (nSPS) is 14.7. The zero-order valence-corrected chi connectivity index (χ0v) is 16.1. The minimum atomic E-state index is -0.0733. The monoisotopic (exact) mass is 366 g/mol. The van der Waals surface area contributed by atoms with Crippen molar-refractivity contribution in [1.82, 2.24) is 9.88 Å². The fourth-order valence-electron chi connectivity index (χ4n) is 3.32. The van der Waals surface area contributed by atoms with E-state index < -0.39 is 0 Å². The van der Waals surface area contributed by atoms with Crippen LogP contribution in [0.5, 0.6) is 0 Å². The molecule has 0 bridgehead atoms. The van der Waals surface area contributed by atoms with Gasteiger partial charge in [-0.15, -0.1) is 0 Å². The minimum absolute atomic E-state index is 0.0166. The number of carbonyl (C=O) groups excluding carboxylic acids is 2. The molecule has 1 aliphatic rings. The SMILES string of the molecule is Cc1cc(N(C)C)ccc1NC(=O)C1CCN(C(=O)c2cccnc2)CC1. The number of likely N-dealkylation sites (tertiary alicyclic amines) is 1. The van der Waals surface area contributed by atoms with Crippen molar-refractivity contribution >= 4 is 23.2 Å². The molecule has 2 heterocycles. The summed E-state index contributed by atoms with van der Waals surface area (Å²) in [6, 6.07) is 9.54. The molecule has 1 aliphatic heterocycles. The van der Waals surface area contributed by atoms with Crippen LogP contribution in [0, 0.1) is 12.8 Å². The van der Waals surface area contributed by atoms with Crippen molar-refractivity contribution in [2.24, 2.45) is 5.92 Å². The van der Waals surface area contributed by atoms with Gasteiger partial charge in [-0.05, 0) is 55.7 Å². The van der Waals surface area contributed by atoms with Crippen molar-refractivity contribution in [3.05, 3.63) is 53.9 Å². The molecule has 0 unspecified atom stereocenters. The van der Waals surface area contributed by atoms with E-state index in [0.717, 1.165) is 16.9 Å². The Morgan fingerprint density at radius 2 is 1.93 bits per heavy atom. The number of aromatic nitrogens is 1. The van der Waals surface area contributed by atoms with E-state index in [1.807, 2.05) is 38.1 Å². The lowest BCUT2D eigenvalue weighted by molar-refractivity contribution is -0.121. The highest BCUT2D eigenvalue weighted by Crippen LogP contribution is 2.24. The number of nitrogens with zero attached hydrogens (tertiary/aromatic N) is 3. The Labute approximate surface area is 160 Å². The van der Waals surface area contributed by atoms with Crippen molar-refractivity contribution in [2.45, 2.75) is 19.8 Å². The first-order valence-corrected chi connectivity index (χ1v) is 9.24. The fourth-order valence-corrected chi connectivity index (χ4v) is 3.32. The molecule has 0 atom stereocenters. The van der Waals surface area contributed by atoms with Gasteiger partial charge in [0.25, 0.3) is 5.91 Å². The topological polar surface area (TPSA) is 65.5 Å². The van der Waals surface area contributed by atoms with Crippen molar-refractivity contribution in [1.29, 1.82) is 0 Å². The standard InChI is InChI=1S/C21H26N4O2/c1-15-13-18(24(2)3)6-7-19(15)23-20(26)16-8-11-25(12-9-16)21(27)17-5-4-10-22-14-17/h4-7,10,13-14,16H,8-9,11-12H2,1-3H3,(H,23,26). The average Bonchev–Trinajstić information content (AvgIpc) is 2.69. The van der Waals surface area contributed by atoms with Gasteiger partial charge in [0, 0.05) is 56.9 Å². The van der Waals surface area contributed by atoms with Gasteiger partial charge in [-0.3, -0.25) is 14.6 Å². The second-order valence-corrected chi connectivity index (χ2v) is 7.19. The molecular weight excluding hydrogens is 340 g/mol. The Kier molecular flexibility index (Phi) is 5.74. The lowest BCUT2D eigenvalue weighted by Crippen LogP contribution is -2.41. The first kappa shape index (κ1) is 18.9. The number of amides is 2. The maximum absolute atomic E-state index is 12.7. The van der Waals surface area contributed by atoms with E-state index in [-0.39, 0.29) is 17.7 Å². The van der Waals surface area contributed by atoms with Crippen molar-refractivity contribution < 1.29 is 9.59 Å². The molecule has 6 nitrogen and oxygen atoms in total. The van der Waals surface area contributed by atoms with E-state index in [0.29, 0.717) is 31.5 Å². The smallest absolute Gasteiger partial charge is 0.255 e. The van der Waals surface area contributed by atoms with Crippen LogP contribution in [0.4, 0.5) is 11.4 Å². The molecule has 0 saturated carbocycles. The summed E-state index contributed by atoms with van der Waals surface area (Å²) in [5.41, 5.74) is 3.59. The van der Waals surface area contributed by atoms with Gasteiger partial charge in [0.15, 0.2) is 0 Å². The van der Waals surface area contributed by atoms with E-state index in [1.165, 1.54) is 0 Å². The minimum Gasteiger partial charge on any atom is -0.378 e. The van der Waals surface area contributed by atoms with Crippen LogP contribution in [-0.4, -0.2) is 48.9 Å². The molecule has 1 aromatic heterocycles. The lowest BCUT2D eigenvalue weighted by Gasteiger charge is -2.31. The number of nitrogens with one attached hydrogen (secondary N) is 1. The number of rotatable bonds is 4. The summed E-state index contributed by atoms with van der Waals surface area (Å²) in [5.74, 6) is -0.0582. The molecule has 2 aromatic rings. The van der Waals surface area contributed by atoms with E-state index in [2.05, 4.69) is 16.4 Å². The van der Waals surface area contributed by atoms with Crippen molar-refractivity contribution in [3.63, 3.8) is 0 Å². The highest BCUT2D eigenvalue weighted by molar-refractivity contribution is 5.95. The summed E-state index contributed by atoms with van der Waals surface area (Å²) in [7, 11) is 3.99. The van der Waals surface area contributed by atoms with Crippen LogP contribution in [0.2, 0.25) is 0 Å². The van der Waals surface area contributed by atoms with Crippen LogP contribution in [-0.2, 0) is 4.79 Å². The van der Waals surface area contributed by atoms with Crippen LogP contribution in [0.15, 0.2) is 42.7 Å². The predicted octanol–water partition coefficient (Wildman–Crippen LogP) is 2.95. The number of carbonyl (C=O) groups is 2. The number of hydrogen-bond acceptors (Lipinski definition) is 4. The third-order valence-corrected chi connectivity index (χ3v) is 5.05. The lowest BCUT2D eigenvalue weighted by atomic mass is 9.95. The van der Waals surface area contributed by atoms with Gasteiger partial charge in [-0.25, -0.2) is 0 Å². The molecule has 0 spiro atoms. The molecule has 1 saturated heterocycles. The van der Waals surface area contributed by atoms with E-state index in [9.17, 15) is 9.59 Å². The molecule has 0 aliphatic carbocycles. The van der Waals surface area contributed by atoms with E-state index in [1.54, 1.807) is 29.4 Å². The first-order valence-electron chi connectivity index (χ1n) is 9.24. The summed E-state index contributed by atoms with van der Waals surface area (Å²) in [6.45, 7) is 3.17. The number of piperidine rings is 1. The molecule has 6 heteroatoms. The summed E-state index contributed by atoms with van der Waals surface area (Å²) in [4.78, 5) is 33.0. The highest BCUT2D eigenvalue weighted by Gasteiger charge is 2.28.